The summed E-state index contributed by atoms with van der Waals surface area (Å²) in [4.78, 5) is 24.4. The lowest BCUT2D eigenvalue weighted by molar-refractivity contribution is -0.127. The Balaban J connectivity index is 0.000000583. The van der Waals surface area contributed by atoms with Gasteiger partial charge in [-0.05, 0) is 18.6 Å². The van der Waals surface area contributed by atoms with Gasteiger partial charge >= 0.3 is 0 Å². The minimum atomic E-state index is -0.689. The zero-order valence-corrected chi connectivity index (χ0v) is 8.98. The van der Waals surface area contributed by atoms with Crippen molar-refractivity contribution in [2.75, 3.05) is 19.5 Å². The third-order valence-corrected chi connectivity index (χ3v) is 1.27. The number of anilines is 1. The number of carbonyl (C=O) groups excluding carboxylic acids is 2. The normalized spacial score (nSPS) is 8.47. The molecule has 5 nitrogen and oxygen atoms in total. The fraction of sp³-hybridized carbons (Fsp3) is 0.300. The van der Waals surface area contributed by atoms with Gasteiger partial charge in [0.05, 0.1) is 0 Å². The highest BCUT2D eigenvalue weighted by atomic mass is 16.4. The lowest BCUT2D eigenvalue weighted by Gasteiger charge is -1.98. The molecule has 0 atom stereocenters. The molecule has 1 rings (SSSR count). The van der Waals surface area contributed by atoms with E-state index < -0.39 is 5.91 Å². The molecular weight excluding hydrogens is 196 g/mol. The molecule has 1 aromatic rings. The maximum atomic E-state index is 10.5. The summed E-state index contributed by atoms with van der Waals surface area (Å²) in [6.45, 7) is 1.89. The number of aromatic nitrogens is 1. The summed E-state index contributed by atoms with van der Waals surface area (Å²) in [6.07, 6.45) is 1.82. The number of nitrogens with zero attached hydrogens (tertiary/aromatic N) is 1. The van der Waals surface area contributed by atoms with Crippen molar-refractivity contribution in [3.63, 3.8) is 0 Å². The Morgan fingerprint density at radius 3 is 2.47 bits per heavy atom. The molecule has 0 aliphatic heterocycles. The van der Waals surface area contributed by atoms with Crippen molar-refractivity contribution in [2.24, 2.45) is 0 Å². The predicted octanol–water partition coefficient (Wildman–Crippen LogP) is 0.790. The smallest absolute Gasteiger partial charge is 0.289 e. The molecule has 1 aromatic heterocycles. The van der Waals surface area contributed by atoms with Gasteiger partial charge in [-0.3, -0.25) is 9.59 Å². The number of carbonyl (C=O) groups is 2. The second-order valence-electron chi connectivity index (χ2n) is 2.74. The molecule has 82 valence electrons. The standard InChI is InChI=1S/C8H8N2O2.C2H6O/c1-6-2-3-7(9-4-6)10-8(12)5-11;1-3-2/h2-5H,1H3,(H,9,10,12);1-2H3. The first-order valence-corrected chi connectivity index (χ1v) is 4.23. The van der Waals surface area contributed by atoms with Gasteiger partial charge in [0.25, 0.3) is 5.91 Å². The van der Waals surface area contributed by atoms with E-state index in [9.17, 15) is 9.59 Å². The summed E-state index contributed by atoms with van der Waals surface area (Å²) >= 11 is 0. The third kappa shape index (κ3) is 6.34. The van der Waals surface area contributed by atoms with Gasteiger partial charge in [0.15, 0.2) is 0 Å². The molecule has 0 radical (unpaired) electrons. The Morgan fingerprint density at radius 1 is 1.47 bits per heavy atom. The lowest BCUT2D eigenvalue weighted by Crippen LogP contribution is -2.13. The molecule has 15 heavy (non-hydrogen) atoms. The van der Waals surface area contributed by atoms with Crippen LogP contribution in [0.25, 0.3) is 0 Å². The molecular formula is C10H14N2O3. The van der Waals surface area contributed by atoms with Crippen molar-refractivity contribution >= 4 is 18.0 Å². The largest absolute Gasteiger partial charge is 0.388 e. The van der Waals surface area contributed by atoms with Gasteiger partial charge in [-0.25, -0.2) is 4.98 Å². The SMILES string of the molecule is COC.Cc1ccc(NC(=O)C=O)nc1. The van der Waals surface area contributed by atoms with Crippen LogP contribution in [-0.4, -0.2) is 31.4 Å². The second-order valence-corrected chi connectivity index (χ2v) is 2.74. The molecule has 1 heterocycles. The zero-order chi connectivity index (χ0) is 11.7. The van der Waals surface area contributed by atoms with Crippen molar-refractivity contribution in [1.29, 1.82) is 0 Å². The van der Waals surface area contributed by atoms with Crippen LogP contribution in [0.5, 0.6) is 0 Å². The van der Waals surface area contributed by atoms with Gasteiger partial charge in [-0.15, -0.1) is 0 Å². The van der Waals surface area contributed by atoms with Crippen LogP contribution in [0.1, 0.15) is 5.56 Å². The summed E-state index contributed by atoms with van der Waals surface area (Å²) in [6, 6.07) is 3.43. The van der Waals surface area contributed by atoms with Crippen molar-refractivity contribution in [1.82, 2.24) is 4.98 Å². The van der Waals surface area contributed by atoms with E-state index in [1.54, 1.807) is 32.5 Å². The minimum absolute atomic E-state index is 0.210. The number of nitrogens with one attached hydrogen (secondary N) is 1. The van der Waals surface area contributed by atoms with E-state index in [-0.39, 0.29) is 6.29 Å². The molecule has 1 N–H and O–H groups in total. The summed E-state index contributed by atoms with van der Waals surface area (Å²) in [5.74, 6) is -0.302. The van der Waals surface area contributed by atoms with Crippen LogP contribution >= 0.6 is 0 Å². The number of aryl methyl sites for hydroxylation is 1. The van der Waals surface area contributed by atoms with Crippen molar-refractivity contribution in [3.8, 4) is 0 Å². The van der Waals surface area contributed by atoms with E-state index in [1.165, 1.54) is 0 Å². The van der Waals surface area contributed by atoms with Gasteiger partial charge in [-0.2, -0.15) is 0 Å². The Morgan fingerprint density at radius 2 is 2.07 bits per heavy atom. The molecule has 1 amide bonds. The summed E-state index contributed by atoms with van der Waals surface area (Å²) in [5.41, 5.74) is 0.999. The zero-order valence-electron chi connectivity index (χ0n) is 8.98. The van der Waals surface area contributed by atoms with Gasteiger partial charge < -0.3 is 10.1 Å². The van der Waals surface area contributed by atoms with Gasteiger partial charge in [0, 0.05) is 20.4 Å². The number of amides is 1. The topological polar surface area (TPSA) is 68.3 Å². The highest BCUT2D eigenvalue weighted by Crippen LogP contribution is 2.02. The van der Waals surface area contributed by atoms with E-state index in [4.69, 9.17) is 0 Å². The van der Waals surface area contributed by atoms with E-state index in [1.807, 2.05) is 6.92 Å². The Bertz CT molecular complexity index is 309. The number of pyridine rings is 1. The number of hydrogen-bond donors (Lipinski definition) is 1. The summed E-state index contributed by atoms with van der Waals surface area (Å²) < 4.78 is 4.25. The van der Waals surface area contributed by atoms with Crippen LogP contribution in [0.4, 0.5) is 5.82 Å². The fourth-order valence-electron chi connectivity index (χ4n) is 0.697. The molecule has 0 saturated carbocycles. The first kappa shape index (κ1) is 13.2. The van der Waals surface area contributed by atoms with Crippen LogP contribution in [0.2, 0.25) is 0 Å². The predicted molar refractivity (Wildman–Crippen MR) is 56.6 cm³/mol. The van der Waals surface area contributed by atoms with Crippen LogP contribution < -0.4 is 5.32 Å². The van der Waals surface area contributed by atoms with Crippen molar-refractivity contribution < 1.29 is 14.3 Å². The molecule has 0 spiro atoms. The monoisotopic (exact) mass is 210 g/mol. The Hall–Kier alpha value is -1.75. The minimum Gasteiger partial charge on any atom is -0.388 e. The van der Waals surface area contributed by atoms with Gasteiger partial charge in [-0.1, -0.05) is 6.07 Å². The van der Waals surface area contributed by atoms with Gasteiger partial charge in [0.1, 0.15) is 5.82 Å². The lowest BCUT2D eigenvalue weighted by atomic mass is 10.3. The molecule has 0 saturated heterocycles. The number of rotatable bonds is 2. The first-order valence-electron chi connectivity index (χ1n) is 4.23. The van der Waals surface area contributed by atoms with E-state index in [0.717, 1.165) is 5.56 Å². The van der Waals surface area contributed by atoms with Crippen molar-refractivity contribution in [3.05, 3.63) is 23.9 Å². The van der Waals surface area contributed by atoms with Crippen LogP contribution in [0.3, 0.4) is 0 Å². The summed E-state index contributed by atoms with van der Waals surface area (Å²) in [5, 5.41) is 2.30. The average molecular weight is 210 g/mol. The summed E-state index contributed by atoms with van der Waals surface area (Å²) in [7, 11) is 3.25. The molecule has 0 unspecified atom stereocenters. The number of ether oxygens (including phenoxy) is 1. The highest BCUT2D eigenvalue weighted by Gasteiger charge is 1.98. The number of aldehydes is 1. The van der Waals surface area contributed by atoms with E-state index in [0.29, 0.717) is 5.82 Å². The van der Waals surface area contributed by atoms with Gasteiger partial charge in [0.2, 0.25) is 6.29 Å². The van der Waals surface area contributed by atoms with Crippen LogP contribution in [-0.2, 0) is 14.3 Å². The maximum absolute atomic E-state index is 10.5. The fourth-order valence-corrected chi connectivity index (χ4v) is 0.697. The number of methoxy groups -OCH3 is 1. The van der Waals surface area contributed by atoms with E-state index in [2.05, 4.69) is 15.0 Å². The maximum Gasteiger partial charge on any atom is 0.289 e. The first-order chi connectivity index (χ1) is 7.13. The molecule has 5 heteroatoms. The highest BCUT2D eigenvalue weighted by molar-refractivity contribution is 6.29. The van der Waals surface area contributed by atoms with Crippen LogP contribution in [0.15, 0.2) is 18.3 Å². The average Bonchev–Trinajstić information content (AvgIpc) is 2.22. The Kier molecular flexibility index (Phi) is 6.74. The molecule has 0 aromatic carbocycles. The quantitative estimate of drug-likeness (QED) is 0.578. The van der Waals surface area contributed by atoms with Crippen molar-refractivity contribution in [2.45, 2.75) is 6.92 Å². The third-order valence-electron chi connectivity index (χ3n) is 1.27. The van der Waals surface area contributed by atoms with Crippen LogP contribution in [0, 0.1) is 6.92 Å². The Labute approximate surface area is 88.5 Å². The molecule has 0 aliphatic rings. The molecule has 0 aliphatic carbocycles. The second kappa shape index (κ2) is 7.64. The number of hydrogen-bond acceptors (Lipinski definition) is 4. The molecule has 0 bridgehead atoms. The molecule has 0 fully saturated rings. The van der Waals surface area contributed by atoms with E-state index >= 15 is 0 Å².